The minimum Gasteiger partial charge on any atom is -0.396 e. The van der Waals surface area contributed by atoms with Crippen LogP contribution in [0.15, 0.2) is 30.3 Å². The number of rotatable bonds is 8. The quantitative estimate of drug-likeness (QED) is 0.649. The second kappa shape index (κ2) is 7.48. The molecule has 1 rings (SSSR count). The number of ether oxygens (including phenoxy) is 1. The van der Waals surface area contributed by atoms with Crippen molar-refractivity contribution in [2.45, 2.75) is 25.0 Å². The van der Waals surface area contributed by atoms with Crippen molar-refractivity contribution in [1.29, 1.82) is 0 Å². The number of aliphatic hydroxyl groups excluding tert-OH is 2. The van der Waals surface area contributed by atoms with E-state index in [0.29, 0.717) is 19.6 Å². The molecule has 0 bridgehead atoms. The van der Waals surface area contributed by atoms with Crippen molar-refractivity contribution in [2.24, 2.45) is 0 Å². The number of hydrogen-bond acceptors (Lipinski definition) is 4. The van der Waals surface area contributed by atoms with Crippen LogP contribution >= 0.6 is 0 Å². The van der Waals surface area contributed by atoms with Crippen LogP contribution in [0, 0.1) is 0 Å². The number of β-amino-alcohol motifs (C(OH)–C–C–N with tert-alkyl or cyclic N) is 1. The van der Waals surface area contributed by atoms with Gasteiger partial charge in [0.15, 0.2) is 0 Å². The summed E-state index contributed by atoms with van der Waals surface area (Å²) >= 11 is 0. The Kier molecular flexibility index (Phi) is 6.29. The van der Waals surface area contributed by atoms with Gasteiger partial charge in [-0.15, -0.1) is 0 Å². The Morgan fingerprint density at radius 1 is 1.33 bits per heavy atom. The maximum Gasteiger partial charge on any atom is 0.0914 e. The Morgan fingerprint density at radius 2 is 2.00 bits per heavy atom. The van der Waals surface area contributed by atoms with E-state index in [4.69, 9.17) is 9.84 Å². The Hall–Kier alpha value is -0.940. The smallest absolute Gasteiger partial charge is 0.0914 e. The zero-order valence-electron chi connectivity index (χ0n) is 11.1. The summed E-state index contributed by atoms with van der Waals surface area (Å²) in [5.41, 5.74) is 0.563. The maximum absolute atomic E-state index is 10.1. The number of nitrogens with one attached hydrogen (secondary N) is 1. The van der Waals surface area contributed by atoms with E-state index in [1.165, 1.54) is 0 Å². The molecule has 18 heavy (non-hydrogen) atoms. The molecule has 4 nitrogen and oxygen atoms in total. The van der Waals surface area contributed by atoms with Crippen LogP contribution in [0.2, 0.25) is 0 Å². The summed E-state index contributed by atoms with van der Waals surface area (Å²) in [5, 5.41) is 22.4. The molecule has 2 atom stereocenters. The van der Waals surface area contributed by atoms with Crippen molar-refractivity contribution in [3.05, 3.63) is 35.9 Å². The number of methoxy groups -OCH3 is 1. The van der Waals surface area contributed by atoms with Crippen LogP contribution in [0.5, 0.6) is 0 Å². The first kappa shape index (κ1) is 15.1. The normalized spacial score (nSPS) is 16.2. The molecule has 0 fully saturated rings. The van der Waals surface area contributed by atoms with E-state index in [1.807, 2.05) is 37.3 Å². The lowest BCUT2D eigenvalue weighted by Crippen LogP contribution is -2.48. The minimum absolute atomic E-state index is 0.0916. The Morgan fingerprint density at radius 3 is 2.56 bits per heavy atom. The molecule has 2 unspecified atom stereocenters. The van der Waals surface area contributed by atoms with Crippen molar-refractivity contribution < 1.29 is 14.9 Å². The first-order valence-corrected chi connectivity index (χ1v) is 6.19. The van der Waals surface area contributed by atoms with Gasteiger partial charge in [-0.3, -0.25) is 0 Å². The highest BCUT2D eigenvalue weighted by Crippen LogP contribution is 2.14. The third-order valence-electron chi connectivity index (χ3n) is 3.03. The molecule has 1 aromatic carbocycles. The summed E-state index contributed by atoms with van der Waals surface area (Å²) in [6.07, 6.45) is 0.0311. The predicted octanol–water partition coefficient (Wildman–Crippen LogP) is 1.10. The van der Waals surface area contributed by atoms with E-state index >= 15 is 0 Å². The van der Waals surface area contributed by atoms with E-state index in [1.54, 1.807) is 7.11 Å². The molecule has 0 heterocycles. The van der Waals surface area contributed by atoms with Crippen LogP contribution < -0.4 is 5.32 Å². The van der Waals surface area contributed by atoms with Gasteiger partial charge in [-0.1, -0.05) is 30.3 Å². The number of aliphatic hydroxyl groups is 2. The average Bonchev–Trinajstić information content (AvgIpc) is 2.38. The van der Waals surface area contributed by atoms with E-state index in [-0.39, 0.29) is 12.1 Å². The molecule has 4 heteroatoms. The minimum atomic E-state index is -0.555. The van der Waals surface area contributed by atoms with Gasteiger partial charge in [0.05, 0.1) is 12.7 Å². The van der Waals surface area contributed by atoms with E-state index in [2.05, 4.69) is 5.32 Å². The van der Waals surface area contributed by atoms with Crippen LogP contribution in [-0.4, -0.2) is 42.6 Å². The standard InChI is InChI=1S/C14H23NO3/c1-14(8-9-16,11-18-2)15-10-13(17)12-6-4-3-5-7-12/h3-7,13,15-17H,8-11H2,1-2H3. The van der Waals surface area contributed by atoms with Gasteiger partial charge in [0.1, 0.15) is 0 Å². The first-order chi connectivity index (χ1) is 8.61. The van der Waals surface area contributed by atoms with Gasteiger partial charge in [0.2, 0.25) is 0 Å². The lowest BCUT2D eigenvalue weighted by atomic mass is 9.98. The second-order valence-corrected chi connectivity index (χ2v) is 4.77. The summed E-state index contributed by atoms with van der Waals surface area (Å²) in [4.78, 5) is 0. The van der Waals surface area contributed by atoms with Gasteiger partial charge < -0.3 is 20.3 Å². The Balaban J connectivity index is 2.52. The molecule has 0 spiro atoms. The first-order valence-electron chi connectivity index (χ1n) is 6.19. The molecule has 3 N–H and O–H groups in total. The average molecular weight is 253 g/mol. The molecule has 0 saturated heterocycles. The van der Waals surface area contributed by atoms with Crippen LogP contribution in [0.25, 0.3) is 0 Å². The monoisotopic (exact) mass is 253 g/mol. The summed E-state index contributed by atoms with van der Waals surface area (Å²) in [6, 6.07) is 9.52. The van der Waals surface area contributed by atoms with Crippen molar-refractivity contribution in [3.8, 4) is 0 Å². The predicted molar refractivity (Wildman–Crippen MR) is 71.4 cm³/mol. The largest absolute Gasteiger partial charge is 0.396 e. The second-order valence-electron chi connectivity index (χ2n) is 4.77. The zero-order valence-corrected chi connectivity index (χ0v) is 11.1. The Bertz CT molecular complexity index is 323. The summed E-state index contributed by atoms with van der Waals surface area (Å²) in [7, 11) is 1.63. The van der Waals surface area contributed by atoms with Crippen LogP contribution in [0.4, 0.5) is 0 Å². The third-order valence-corrected chi connectivity index (χ3v) is 3.03. The fourth-order valence-corrected chi connectivity index (χ4v) is 1.91. The van der Waals surface area contributed by atoms with Crippen molar-refractivity contribution >= 4 is 0 Å². The lowest BCUT2D eigenvalue weighted by molar-refractivity contribution is 0.0822. The topological polar surface area (TPSA) is 61.7 Å². The number of hydrogen-bond donors (Lipinski definition) is 3. The highest BCUT2D eigenvalue weighted by molar-refractivity contribution is 5.17. The van der Waals surface area contributed by atoms with Gasteiger partial charge in [-0.25, -0.2) is 0 Å². The fraction of sp³-hybridized carbons (Fsp3) is 0.571. The third kappa shape index (κ3) is 4.74. The molecule has 0 aromatic heterocycles. The van der Waals surface area contributed by atoms with Crippen molar-refractivity contribution in [2.75, 3.05) is 26.9 Å². The maximum atomic E-state index is 10.1. The lowest BCUT2D eigenvalue weighted by Gasteiger charge is -2.30. The van der Waals surface area contributed by atoms with Gasteiger partial charge in [-0.2, -0.15) is 0 Å². The van der Waals surface area contributed by atoms with Crippen LogP contribution in [0.1, 0.15) is 25.0 Å². The molecule has 0 amide bonds. The molecular weight excluding hydrogens is 230 g/mol. The van der Waals surface area contributed by atoms with Gasteiger partial charge >= 0.3 is 0 Å². The summed E-state index contributed by atoms with van der Waals surface area (Å²) < 4.78 is 5.14. The SMILES string of the molecule is COCC(C)(CCO)NCC(O)c1ccccc1. The summed E-state index contributed by atoms with van der Waals surface area (Å²) in [5.74, 6) is 0. The van der Waals surface area contributed by atoms with Crippen LogP contribution in [-0.2, 0) is 4.74 Å². The molecule has 0 aliphatic heterocycles. The molecule has 1 aromatic rings. The molecule has 102 valence electrons. The molecule has 0 aliphatic rings. The molecule has 0 aliphatic carbocycles. The highest BCUT2D eigenvalue weighted by atomic mass is 16.5. The van der Waals surface area contributed by atoms with Crippen LogP contribution in [0.3, 0.4) is 0 Å². The molecular formula is C14H23NO3. The summed E-state index contributed by atoms with van der Waals surface area (Å²) in [6.45, 7) is 3.00. The van der Waals surface area contributed by atoms with Gasteiger partial charge in [-0.05, 0) is 18.9 Å². The highest BCUT2D eigenvalue weighted by Gasteiger charge is 2.24. The molecule has 0 radical (unpaired) electrons. The Labute approximate surface area is 109 Å². The van der Waals surface area contributed by atoms with Gasteiger partial charge in [0.25, 0.3) is 0 Å². The fourth-order valence-electron chi connectivity index (χ4n) is 1.91. The van der Waals surface area contributed by atoms with E-state index < -0.39 is 6.10 Å². The number of benzene rings is 1. The van der Waals surface area contributed by atoms with E-state index in [0.717, 1.165) is 5.56 Å². The van der Waals surface area contributed by atoms with Crippen molar-refractivity contribution in [1.82, 2.24) is 5.32 Å². The zero-order chi connectivity index (χ0) is 13.4. The van der Waals surface area contributed by atoms with E-state index in [9.17, 15) is 5.11 Å². The molecule has 0 saturated carbocycles. The van der Waals surface area contributed by atoms with Crippen molar-refractivity contribution in [3.63, 3.8) is 0 Å². The van der Waals surface area contributed by atoms with Gasteiger partial charge in [0, 0.05) is 25.8 Å².